The van der Waals surface area contributed by atoms with Crippen LogP contribution in [0.1, 0.15) is 20.8 Å². The van der Waals surface area contributed by atoms with Crippen molar-refractivity contribution in [3.05, 3.63) is 24.3 Å². The Kier molecular flexibility index (Phi) is 7.16. The van der Waals surface area contributed by atoms with Gasteiger partial charge >= 0.3 is 0 Å². The molecule has 1 aromatic carbocycles. The van der Waals surface area contributed by atoms with Gasteiger partial charge < -0.3 is 14.6 Å². The highest BCUT2D eigenvalue weighted by atomic mass is 32.2. The number of hydrogen-bond donors (Lipinski definition) is 1. The van der Waals surface area contributed by atoms with E-state index in [0.717, 1.165) is 16.4 Å². The Balaban J connectivity index is 2.42. The Labute approximate surface area is 113 Å². The standard InChI is InChI=1S/C14H22O3S/c1-4-18-14-8-6-5-7-13(14)17-10-12(15)9-16-11(2)3/h5-8,11-12,15H,4,9-10H2,1-3H3. The lowest BCUT2D eigenvalue weighted by Crippen LogP contribution is -2.25. The third-order valence-electron chi connectivity index (χ3n) is 2.20. The van der Waals surface area contributed by atoms with Crippen LogP contribution in [0.5, 0.6) is 5.75 Å². The molecule has 3 nitrogen and oxygen atoms in total. The van der Waals surface area contributed by atoms with Gasteiger partial charge in [0.1, 0.15) is 18.5 Å². The van der Waals surface area contributed by atoms with Crippen LogP contribution in [0.4, 0.5) is 0 Å². The SMILES string of the molecule is CCSc1ccccc1OCC(O)COC(C)C. The van der Waals surface area contributed by atoms with E-state index in [0.29, 0.717) is 6.61 Å². The van der Waals surface area contributed by atoms with Gasteiger partial charge in [0.25, 0.3) is 0 Å². The molecule has 0 aliphatic heterocycles. The number of rotatable bonds is 8. The molecule has 0 fully saturated rings. The first-order valence-corrected chi connectivity index (χ1v) is 7.26. The van der Waals surface area contributed by atoms with Crippen LogP contribution in [0.3, 0.4) is 0 Å². The van der Waals surface area contributed by atoms with Gasteiger partial charge in [-0.25, -0.2) is 0 Å². The molecule has 0 saturated carbocycles. The number of aliphatic hydroxyl groups excluding tert-OH is 1. The molecule has 18 heavy (non-hydrogen) atoms. The summed E-state index contributed by atoms with van der Waals surface area (Å²) in [5.41, 5.74) is 0. The zero-order valence-electron chi connectivity index (χ0n) is 11.3. The van der Waals surface area contributed by atoms with Crippen molar-refractivity contribution >= 4 is 11.8 Å². The summed E-state index contributed by atoms with van der Waals surface area (Å²) >= 11 is 1.73. The van der Waals surface area contributed by atoms with Crippen molar-refractivity contribution in [2.24, 2.45) is 0 Å². The van der Waals surface area contributed by atoms with Crippen LogP contribution in [0.15, 0.2) is 29.2 Å². The number of thioether (sulfide) groups is 1. The first kappa shape index (κ1) is 15.3. The summed E-state index contributed by atoms with van der Waals surface area (Å²) in [6, 6.07) is 7.88. The molecule has 0 heterocycles. The molecule has 1 atom stereocenters. The van der Waals surface area contributed by atoms with Gasteiger partial charge in [-0.3, -0.25) is 0 Å². The second kappa shape index (κ2) is 8.40. The fraction of sp³-hybridized carbons (Fsp3) is 0.571. The molecule has 1 N–H and O–H groups in total. The van der Waals surface area contributed by atoms with Crippen LogP contribution in [0, 0.1) is 0 Å². The van der Waals surface area contributed by atoms with Crippen molar-refractivity contribution < 1.29 is 14.6 Å². The average molecular weight is 270 g/mol. The maximum absolute atomic E-state index is 9.72. The molecule has 0 amide bonds. The van der Waals surface area contributed by atoms with Gasteiger partial charge in [-0.05, 0) is 31.7 Å². The van der Waals surface area contributed by atoms with E-state index in [1.807, 2.05) is 38.1 Å². The predicted octanol–water partition coefficient (Wildman–Crippen LogP) is 2.96. The lowest BCUT2D eigenvalue weighted by Gasteiger charge is -2.16. The number of para-hydroxylation sites is 1. The lowest BCUT2D eigenvalue weighted by molar-refractivity contribution is -0.0126. The van der Waals surface area contributed by atoms with Crippen molar-refractivity contribution in [1.29, 1.82) is 0 Å². The molecule has 0 aliphatic rings. The summed E-state index contributed by atoms with van der Waals surface area (Å²) in [4.78, 5) is 1.11. The highest BCUT2D eigenvalue weighted by Gasteiger charge is 2.09. The van der Waals surface area contributed by atoms with Crippen LogP contribution in [0.2, 0.25) is 0 Å². The van der Waals surface area contributed by atoms with Crippen LogP contribution in [0.25, 0.3) is 0 Å². The average Bonchev–Trinajstić information content (AvgIpc) is 2.35. The monoisotopic (exact) mass is 270 g/mol. The number of aliphatic hydroxyl groups is 1. The Bertz CT molecular complexity index is 342. The van der Waals surface area contributed by atoms with E-state index < -0.39 is 6.10 Å². The summed E-state index contributed by atoms with van der Waals surface area (Å²) in [5, 5.41) is 9.72. The molecule has 0 bridgehead atoms. The van der Waals surface area contributed by atoms with E-state index in [-0.39, 0.29) is 12.7 Å². The summed E-state index contributed by atoms with van der Waals surface area (Å²) in [6.07, 6.45) is -0.463. The Morgan fingerprint density at radius 3 is 2.61 bits per heavy atom. The molecule has 0 aromatic heterocycles. The van der Waals surface area contributed by atoms with Gasteiger partial charge in [0.15, 0.2) is 0 Å². The molecule has 0 aliphatic carbocycles. The topological polar surface area (TPSA) is 38.7 Å². The Morgan fingerprint density at radius 2 is 1.94 bits per heavy atom. The fourth-order valence-corrected chi connectivity index (χ4v) is 2.14. The molecule has 1 aromatic rings. The van der Waals surface area contributed by atoms with Crippen LogP contribution >= 0.6 is 11.8 Å². The van der Waals surface area contributed by atoms with Gasteiger partial charge in [-0.1, -0.05) is 19.1 Å². The minimum Gasteiger partial charge on any atom is -0.490 e. The molecule has 1 unspecified atom stereocenters. The normalized spacial score (nSPS) is 12.7. The van der Waals surface area contributed by atoms with E-state index in [2.05, 4.69) is 6.92 Å². The zero-order valence-corrected chi connectivity index (χ0v) is 12.1. The van der Waals surface area contributed by atoms with Crippen LogP contribution in [-0.2, 0) is 4.74 Å². The lowest BCUT2D eigenvalue weighted by atomic mass is 10.3. The summed E-state index contributed by atoms with van der Waals surface area (Å²) in [5.74, 6) is 1.83. The van der Waals surface area contributed by atoms with E-state index in [1.165, 1.54) is 0 Å². The fourth-order valence-electron chi connectivity index (χ4n) is 1.38. The van der Waals surface area contributed by atoms with Gasteiger partial charge in [0.2, 0.25) is 0 Å². The summed E-state index contributed by atoms with van der Waals surface area (Å²) in [6.45, 7) is 6.56. The largest absolute Gasteiger partial charge is 0.490 e. The van der Waals surface area contributed by atoms with Gasteiger partial charge in [0.05, 0.1) is 12.7 Å². The van der Waals surface area contributed by atoms with Crippen LogP contribution in [-0.4, -0.2) is 36.3 Å². The quantitative estimate of drug-likeness (QED) is 0.737. The van der Waals surface area contributed by atoms with Crippen molar-refractivity contribution in [2.75, 3.05) is 19.0 Å². The maximum Gasteiger partial charge on any atom is 0.132 e. The van der Waals surface area contributed by atoms with Gasteiger partial charge in [-0.2, -0.15) is 0 Å². The predicted molar refractivity (Wildman–Crippen MR) is 75.4 cm³/mol. The zero-order chi connectivity index (χ0) is 13.4. The van der Waals surface area contributed by atoms with Crippen molar-refractivity contribution in [1.82, 2.24) is 0 Å². The van der Waals surface area contributed by atoms with E-state index in [1.54, 1.807) is 11.8 Å². The second-order valence-electron chi connectivity index (χ2n) is 4.23. The molecule has 1 rings (SSSR count). The van der Waals surface area contributed by atoms with Crippen molar-refractivity contribution in [2.45, 2.75) is 37.9 Å². The highest BCUT2D eigenvalue weighted by Crippen LogP contribution is 2.28. The first-order valence-electron chi connectivity index (χ1n) is 6.27. The number of hydrogen-bond acceptors (Lipinski definition) is 4. The summed E-state index contributed by atoms with van der Waals surface area (Å²) < 4.78 is 11.0. The van der Waals surface area contributed by atoms with Gasteiger partial charge in [-0.15, -0.1) is 11.8 Å². The third kappa shape index (κ3) is 5.76. The molecule has 0 saturated heterocycles. The first-order chi connectivity index (χ1) is 8.63. The van der Waals surface area contributed by atoms with E-state index in [9.17, 15) is 5.11 Å². The van der Waals surface area contributed by atoms with Crippen molar-refractivity contribution in [3.8, 4) is 5.75 Å². The minimum atomic E-state index is -0.591. The smallest absolute Gasteiger partial charge is 0.132 e. The maximum atomic E-state index is 9.72. The second-order valence-corrected chi connectivity index (χ2v) is 5.53. The van der Waals surface area contributed by atoms with Crippen molar-refractivity contribution in [3.63, 3.8) is 0 Å². The minimum absolute atomic E-state index is 0.127. The molecular weight excluding hydrogens is 248 g/mol. The molecule has 0 radical (unpaired) electrons. The third-order valence-corrected chi connectivity index (χ3v) is 3.14. The van der Waals surface area contributed by atoms with E-state index >= 15 is 0 Å². The highest BCUT2D eigenvalue weighted by molar-refractivity contribution is 7.99. The van der Waals surface area contributed by atoms with E-state index in [4.69, 9.17) is 9.47 Å². The molecular formula is C14H22O3S. The van der Waals surface area contributed by atoms with Crippen LogP contribution < -0.4 is 4.74 Å². The van der Waals surface area contributed by atoms with Gasteiger partial charge in [0, 0.05) is 4.90 Å². The molecule has 102 valence electrons. The Morgan fingerprint density at radius 1 is 1.22 bits per heavy atom. The molecule has 4 heteroatoms. The summed E-state index contributed by atoms with van der Waals surface area (Å²) in [7, 11) is 0. The Hall–Kier alpha value is -0.710. The molecule has 0 spiro atoms. The number of ether oxygens (including phenoxy) is 2. The number of benzene rings is 1.